The SMILES string of the molecule is CN=C(NCCc1nc(C(C)(C)C)cs1)NC(C)c1ccc(F)cc1F.I. The van der Waals surface area contributed by atoms with Crippen molar-refractivity contribution >= 4 is 41.3 Å². The summed E-state index contributed by atoms with van der Waals surface area (Å²) in [4.78, 5) is 8.82. The lowest BCUT2D eigenvalue weighted by atomic mass is 9.93. The molecule has 0 aliphatic rings. The van der Waals surface area contributed by atoms with Gasteiger partial charge in [0.2, 0.25) is 0 Å². The van der Waals surface area contributed by atoms with Gasteiger partial charge in [-0.15, -0.1) is 35.3 Å². The molecule has 8 heteroatoms. The third-order valence-corrected chi connectivity index (χ3v) is 4.87. The first-order valence-electron chi connectivity index (χ1n) is 8.57. The van der Waals surface area contributed by atoms with Crippen LogP contribution < -0.4 is 10.6 Å². The molecule has 2 rings (SSSR count). The number of hydrogen-bond donors (Lipinski definition) is 2. The van der Waals surface area contributed by atoms with Gasteiger partial charge in [-0.1, -0.05) is 26.8 Å². The van der Waals surface area contributed by atoms with Crippen LogP contribution >= 0.6 is 35.3 Å². The van der Waals surface area contributed by atoms with Gasteiger partial charge in [0.15, 0.2) is 5.96 Å². The molecular weight excluding hydrogens is 481 g/mol. The molecule has 1 atom stereocenters. The van der Waals surface area contributed by atoms with Crippen molar-refractivity contribution in [2.24, 2.45) is 4.99 Å². The number of nitrogens with one attached hydrogen (secondary N) is 2. The van der Waals surface area contributed by atoms with Gasteiger partial charge in [0, 0.05) is 42.4 Å². The summed E-state index contributed by atoms with van der Waals surface area (Å²) >= 11 is 1.65. The number of guanidine groups is 1. The lowest BCUT2D eigenvalue weighted by molar-refractivity contribution is 0.550. The number of halogens is 3. The summed E-state index contributed by atoms with van der Waals surface area (Å²) in [6, 6.07) is 3.24. The van der Waals surface area contributed by atoms with Crippen molar-refractivity contribution in [3.05, 3.63) is 51.5 Å². The maximum atomic E-state index is 13.9. The predicted octanol–water partition coefficient (Wildman–Crippen LogP) is 4.81. The zero-order chi connectivity index (χ0) is 19.3. The molecule has 1 aromatic heterocycles. The highest BCUT2D eigenvalue weighted by atomic mass is 127. The van der Waals surface area contributed by atoms with Gasteiger partial charge in [-0.3, -0.25) is 4.99 Å². The number of nitrogens with zero attached hydrogens (tertiary/aromatic N) is 2. The van der Waals surface area contributed by atoms with Gasteiger partial charge in [-0.2, -0.15) is 0 Å². The molecule has 27 heavy (non-hydrogen) atoms. The van der Waals surface area contributed by atoms with E-state index in [0.29, 0.717) is 18.1 Å². The lowest BCUT2D eigenvalue weighted by Gasteiger charge is -2.18. The molecule has 2 N–H and O–H groups in total. The van der Waals surface area contributed by atoms with Gasteiger partial charge < -0.3 is 10.6 Å². The molecule has 0 saturated heterocycles. The second kappa shape index (κ2) is 10.3. The van der Waals surface area contributed by atoms with E-state index in [1.54, 1.807) is 25.3 Å². The summed E-state index contributed by atoms with van der Waals surface area (Å²) in [6.07, 6.45) is 0.779. The molecule has 2 aromatic rings. The molecule has 0 aliphatic carbocycles. The average Bonchev–Trinajstić information content (AvgIpc) is 3.02. The van der Waals surface area contributed by atoms with Crippen molar-refractivity contribution in [2.45, 2.75) is 45.6 Å². The predicted molar refractivity (Wildman–Crippen MR) is 119 cm³/mol. The number of hydrogen-bond acceptors (Lipinski definition) is 3. The standard InChI is InChI=1S/C19H26F2N4S.HI/c1-12(14-7-6-13(20)10-15(14)21)24-18(22-5)23-9-8-17-25-16(11-26-17)19(2,3)4;/h6-7,10-12H,8-9H2,1-5H3,(H2,22,23,24);1H. The Morgan fingerprint density at radius 1 is 1.30 bits per heavy atom. The number of rotatable bonds is 5. The highest BCUT2D eigenvalue weighted by molar-refractivity contribution is 14.0. The van der Waals surface area contributed by atoms with Crippen LogP contribution in [0, 0.1) is 11.6 Å². The van der Waals surface area contributed by atoms with Crippen molar-refractivity contribution < 1.29 is 8.78 Å². The van der Waals surface area contributed by atoms with E-state index >= 15 is 0 Å². The molecule has 0 bridgehead atoms. The zero-order valence-corrected chi connectivity index (χ0v) is 19.4. The topological polar surface area (TPSA) is 49.3 Å². The van der Waals surface area contributed by atoms with Gasteiger partial charge in [-0.05, 0) is 13.0 Å². The second-order valence-corrected chi connectivity index (χ2v) is 8.10. The van der Waals surface area contributed by atoms with E-state index in [4.69, 9.17) is 0 Å². The molecule has 4 nitrogen and oxygen atoms in total. The fourth-order valence-electron chi connectivity index (χ4n) is 2.39. The average molecular weight is 508 g/mol. The Balaban J connectivity index is 0.00000364. The van der Waals surface area contributed by atoms with Gasteiger partial charge in [0.1, 0.15) is 11.6 Å². The zero-order valence-electron chi connectivity index (χ0n) is 16.3. The summed E-state index contributed by atoms with van der Waals surface area (Å²) < 4.78 is 26.9. The summed E-state index contributed by atoms with van der Waals surface area (Å²) in [5.41, 5.74) is 1.54. The van der Waals surface area contributed by atoms with Gasteiger partial charge in [0.25, 0.3) is 0 Å². The van der Waals surface area contributed by atoms with Crippen LogP contribution in [0.4, 0.5) is 8.78 Å². The monoisotopic (exact) mass is 508 g/mol. The van der Waals surface area contributed by atoms with Crippen LogP contribution in [-0.2, 0) is 11.8 Å². The van der Waals surface area contributed by atoms with Gasteiger partial charge in [0.05, 0.1) is 16.7 Å². The van der Waals surface area contributed by atoms with Crippen LogP contribution in [0.5, 0.6) is 0 Å². The molecule has 1 unspecified atom stereocenters. The molecule has 0 radical (unpaired) electrons. The lowest BCUT2D eigenvalue weighted by Crippen LogP contribution is -2.39. The van der Waals surface area contributed by atoms with Crippen LogP contribution in [0.2, 0.25) is 0 Å². The van der Waals surface area contributed by atoms with Gasteiger partial charge in [-0.25, -0.2) is 13.8 Å². The first kappa shape index (κ1) is 23.7. The first-order valence-corrected chi connectivity index (χ1v) is 9.45. The van der Waals surface area contributed by atoms with E-state index in [9.17, 15) is 8.78 Å². The molecule has 1 heterocycles. The summed E-state index contributed by atoms with van der Waals surface area (Å²) in [6.45, 7) is 8.90. The minimum atomic E-state index is -0.584. The maximum Gasteiger partial charge on any atom is 0.191 e. The Kier molecular flexibility index (Phi) is 9.07. The Morgan fingerprint density at radius 3 is 2.56 bits per heavy atom. The molecule has 0 aliphatic heterocycles. The summed E-state index contributed by atoms with van der Waals surface area (Å²) in [5.74, 6) is -0.592. The molecule has 0 saturated carbocycles. The molecule has 0 spiro atoms. The fraction of sp³-hybridized carbons (Fsp3) is 0.474. The molecule has 0 fully saturated rings. The van der Waals surface area contributed by atoms with Crippen LogP contribution in [-0.4, -0.2) is 24.5 Å². The van der Waals surface area contributed by atoms with Crippen molar-refractivity contribution in [2.75, 3.05) is 13.6 Å². The highest BCUT2D eigenvalue weighted by Gasteiger charge is 2.17. The van der Waals surface area contributed by atoms with Gasteiger partial charge >= 0.3 is 0 Å². The number of thiazole rings is 1. The third-order valence-electron chi connectivity index (χ3n) is 3.96. The van der Waals surface area contributed by atoms with Crippen molar-refractivity contribution in [3.63, 3.8) is 0 Å². The van der Waals surface area contributed by atoms with E-state index < -0.39 is 11.6 Å². The van der Waals surface area contributed by atoms with Crippen LogP contribution in [0.3, 0.4) is 0 Å². The summed E-state index contributed by atoms with van der Waals surface area (Å²) in [7, 11) is 1.66. The van der Waals surface area contributed by atoms with E-state index in [1.807, 2.05) is 0 Å². The minimum absolute atomic E-state index is 0. The molecule has 1 aromatic carbocycles. The quantitative estimate of drug-likeness (QED) is 0.347. The normalized spacial score (nSPS) is 13.1. The number of aromatic nitrogens is 1. The summed E-state index contributed by atoms with van der Waals surface area (Å²) in [5, 5.41) is 9.49. The van der Waals surface area contributed by atoms with Crippen LogP contribution in [0.1, 0.15) is 50.0 Å². The second-order valence-electron chi connectivity index (χ2n) is 7.16. The highest BCUT2D eigenvalue weighted by Crippen LogP contribution is 2.24. The number of aliphatic imine (C=N–C) groups is 1. The Bertz CT molecular complexity index is 771. The van der Waals surface area contributed by atoms with Crippen LogP contribution in [0.15, 0.2) is 28.6 Å². The Morgan fingerprint density at radius 2 is 2.00 bits per heavy atom. The molecule has 0 amide bonds. The van der Waals surface area contributed by atoms with E-state index in [1.165, 1.54) is 12.1 Å². The molecular formula is C19H27F2IN4S. The van der Waals surface area contributed by atoms with E-state index in [-0.39, 0.29) is 35.4 Å². The van der Waals surface area contributed by atoms with Crippen molar-refractivity contribution in [1.82, 2.24) is 15.6 Å². The van der Waals surface area contributed by atoms with Crippen molar-refractivity contribution in [1.29, 1.82) is 0 Å². The van der Waals surface area contributed by atoms with Crippen LogP contribution in [0.25, 0.3) is 0 Å². The van der Waals surface area contributed by atoms with E-state index in [2.05, 4.69) is 46.8 Å². The Hall–Kier alpha value is -1.29. The number of benzene rings is 1. The largest absolute Gasteiger partial charge is 0.356 e. The fourth-order valence-corrected chi connectivity index (χ4v) is 3.41. The smallest absolute Gasteiger partial charge is 0.191 e. The molecule has 150 valence electrons. The van der Waals surface area contributed by atoms with E-state index in [0.717, 1.165) is 23.2 Å². The minimum Gasteiger partial charge on any atom is -0.356 e. The van der Waals surface area contributed by atoms with Crippen molar-refractivity contribution in [3.8, 4) is 0 Å². The maximum absolute atomic E-state index is 13.9. The third kappa shape index (κ3) is 6.99. The Labute approximate surface area is 180 Å². The first-order chi connectivity index (χ1) is 12.2.